The Bertz CT molecular complexity index is 1170. The molecule has 4 heteroatoms. The fraction of sp³-hybridized carbons (Fsp3) is 0.242. The first-order valence-electron chi connectivity index (χ1n) is 13.1. The van der Waals surface area contributed by atoms with E-state index in [2.05, 4.69) is 95.1 Å². The molecule has 1 fully saturated rings. The van der Waals surface area contributed by atoms with E-state index in [1.54, 1.807) is 0 Å². The molecule has 1 N–H and O–H groups in total. The van der Waals surface area contributed by atoms with Gasteiger partial charge >= 0.3 is 6.03 Å². The number of nitrogens with zero attached hydrogens (tertiary/aromatic N) is 2. The predicted molar refractivity (Wildman–Crippen MR) is 150 cm³/mol. The van der Waals surface area contributed by atoms with Gasteiger partial charge in [0.25, 0.3) is 0 Å². The molecular formula is C33H35N3O. The largest absolute Gasteiger partial charge is 0.328 e. The first-order valence-corrected chi connectivity index (χ1v) is 13.1. The molecule has 2 amide bonds. The van der Waals surface area contributed by atoms with Gasteiger partial charge in [-0.15, -0.1) is 0 Å². The Kier molecular flexibility index (Phi) is 7.97. The minimum atomic E-state index is -0.182. The van der Waals surface area contributed by atoms with Gasteiger partial charge in [-0.2, -0.15) is 0 Å². The average Bonchev–Trinajstić information content (AvgIpc) is 3.41. The minimum Gasteiger partial charge on any atom is -0.328 e. The molecule has 1 unspecified atom stereocenters. The van der Waals surface area contributed by atoms with Gasteiger partial charge in [0, 0.05) is 20.1 Å². The van der Waals surface area contributed by atoms with E-state index in [4.69, 9.17) is 0 Å². The van der Waals surface area contributed by atoms with Crippen LogP contribution in [0.1, 0.15) is 40.8 Å². The fourth-order valence-electron chi connectivity index (χ4n) is 5.48. The smallest absolute Gasteiger partial charge is 0.317 e. The summed E-state index contributed by atoms with van der Waals surface area (Å²) in [7, 11) is 1.91. The summed E-state index contributed by atoms with van der Waals surface area (Å²) < 4.78 is 0. The van der Waals surface area contributed by atoms with Crippen LogP contribution in [0.2, 0.25) is 0 Å². The quantitative estimate of drug-likeness (QED) is 0.305. The molecule has 1 atom stereocenters. The van der Waals surface area contributed by atoms with Crippen LogP contribution in [-0.4, -0.2) is 42.5 Å². The van der Waals surface area contributed by atoms with E-state index >= 15 is 0 Å². The first-order chi connectivity index (χ1) is 18.2. The van der Waals surface area contributed by atoms with E-state index in [-0.39, 0.29) is 18.1 Å². The van der Waals surface area contributed by atoms with Gasteiger partial charge in [-0.25, -0.2) is 4.79 Å². The lowest BCUT2D eigenvalue weighted by Gasteiger charge is -2.30. The Balaban J connectivity index is 1.26. The van der Waals surface area contributed by atoms with Crippen LogP contribution >= 0.6 is 0 Å². The lowest BCUT2D eigenvalue weighted by Crippen LogP contribution is -2.42. The van der Waals surface area contributed by atoms with Crippen molar-refractivity contribution in [2.45, 2.75) is 18.5 Å². The lowest BCUT2D eigenvalue weighted by atomic mass is 9.97. The second-order valence-corrected chi connectivity index (χ2v) is 9.96. The molecule has 0 aromatic heterocycles. The molecule has 0 spiro atoms. The Morgan fingerprint density at radius 1 is 0.757 bits per heavy atom. The number of carbonyl (C=O) groups excluding carboxylic acids is 1. The van der Waals surface area contributed by atoms with Gasteiger partial charge in [0.1, 0.15) is 0 Å². The Morgan fingerprint density at radius 3 is 1.65 bits per heavy atom. The summed E-state index contributed by atoms with van der Waals surface area (Å²) in [5.74, 6) is 0.428. The maximum Gasteiger partial charge on any atom is 0.317 e. The van der Waals surface area contributed by atoms with Crippen LogP contribution < -0.4 is 5.32 Å². The lowest BCUT2D eigenvalue weighted by molar-refractivity contribution is 0.195. The molecule has 1 heterocycles. The molecular weight excluding hydrogens is 454 g/mol. The molecule has 1 aliphatic heterocycles. The van der Waals surface area contributed by atoms with Crippen LogP contribution in [0, 0.1) is 5.92 Å². The summed E-state index contributed by atoms with van der Waals surface area (Å²) in [6.07, 6.45) is 1.08. The van der Waals surface area contributed by atoms with Gasteiger partial charge < -0.3 is 10.2 Å². The van der Waals surface area contributed by atoms with Crippen molar-refractivity contribution in [2.24, 2.45) is 5.92 Å². The van der Waals surface area contributed by atoms with E-state index in [0.29, 0.717) is 5.92 Å². The molecule has 37 heavy (non-hydrogen) atoms. The van der Waals surface area contributed by atoms with Crippen molar-refractivity contribution in [3.8, 4) is 0 Å². The van der Waals surface area contributed by atoms with E-state index in [0.717, 1.165) is 37.2 Å². The summed E-state index contributed by atoms with van der Waals surface area (Å²) in [5.41, 5.74) is 4.79. The number of benzene rings is 4. The van der Waals surface area contributed by atoms with Crippen molar-refractivity contribution in [2.75, 3.05) is 26.7 Å². The van der Waals surface area contributed by atoms with Crippen molar-refractivity contribution >= 4 is 6.03 Å². The molecule has 4 nitrogen and oxygen atoms in total. The number of nitrogens with one attached hydrogen (secondary N) is 1. The van der Waals surface area contributed by atoms with E-state index < -0.39 is 0 Å². The highest BCUT2D eigenvalue weighted by atomic mass is 16.2. The monoisotopic (exact) mass is 489 g/mol. The zero-order chi connectivity index (χ0) is 25.5. The average molecular weight is 490 g/mol. The molecule has 4 aromatic rings. The fourth-order valence-corrected chi connectivity index (χ4v) is 5.48. The van der Waals surface area contributed by atoms with Crippen molar-refractivity contribution in [1.82, 2.24) is 15.1 Å². The third-order valence-electron chi connectivity index (χ3n) is 7.33. The number of rotatable bonds is 8. The highest BCUT2D eigenvalue weighted by Crippen LogP contribution is 2.33. The number of likely N-dealkylation sites (tertiary alicyclic amines) is 1. The zero-order valence-electron chi connectivity index (χ0n) is 21.4. The van der Waals surface area contributed by atoms with Crippen molar-refractivity contribution < 1.29 is 4.79 Å². The molecule has 4 aromatic carbocycles. The maximum atomic E-state index is 13.3. The second kappa shape index (κ2) is 11.9. The Labute approximate surface area is 220 Å². The molecule has 1 aliphatic rings. The molecule has 0 bridgehead atoms. The number of carbonyl (C=O) groups is 1. The predicted octanol–water partition coefficient (Wildman–Crippen LogP) is 6.53. The van der Waals surface area contributed by atoms with Crippen LogP contribution in [0.15, 0.2) is 121 Å². The molecule has 5 rings (SSSR count). The zero-order valence-corrected chi connectivity index (χ0v) is 21.4. The first kappa shape index (κ1) is 24.8. The molecule has 0 aliphatic carbocycles. The SMILES string of the molecule is CN(CC1CCN(C(c2ccccc2)c2ccccc2)C1)C(=O)NC(c1ccccc1)c1ccccc1. The molecule has 0 radical (unpaired) electrons. The maximum absolute atomic E-state index is 13.3. The van der Waals surface area contributed by atoms with Crippen LogP contribution in [-0.2, 0) is 0 Å². The summed E-state index contributed by atoms with van der Waals surface area (Å²) in [6.45, 7) is 2.72. The summed E-state index contributed by atoms with van der Waals surface area (Å²) in [6, 6.07) is 41.9. The Hall–Kier alpha value is -3.89. The highest BCUT2D eigenvalue weighted by Gasteiger charge is 2.31. The van der Waals surface area contributed by atoms with Gasteiger partial charge in [0.15, 0.2) is 0 Å². The van der Waals surface area contributed by atoms with E-state index in [9.17, 15) is 4.79 Å². The third-order valence-corrected chi connectivity index (χ3v) is 7.33. The van der Waals surface area contributed by atoms with E-state index in [1.165, 1.54) is 11.1 Å². The highest BCUT2D eigenvalue weighted by molar-refractivity contribution is 5.75. The van der Waals surface area contributed by atoms with E-state index in [1.807, 2.05) is 48.3 Å². The van der Waals surface area contributed by atoms with Crippen LogP contribution in [0.4, 0.5) is 4.79 Å². The van der Waals surface area contributed by atoms with Gasteiger partial charge in [0.2, 0.25) is 0 Å². The standard InChI is InChI=1S/C33H35N3O/c1-35(33(37)34-31(27-14-6-2-7-15-27)28-16-8-3-9-17-28)24-26-22-23-36(25-26)32(29-18-10-4-11-19-29)30-20-12-5-13-21-30/h2-21,26,31-32H,22-25H2,1H3,(H,34,37). The summed E-state index contributed by atoms with van der Waals surface area (Å²) in [5, 5.41) is 3.28. The van der Waals surface area contributed by atoms with Gasteiger partial charge in [-0.05, 0) is 41.1 Å². The third kappa shape index (κ3) is 6.10. The number of amides is 2. The number of hydrogen-bond donors (Lipinski definition) is 1. The normalized spacial score (nSPS) is 15.7. The summed E-state index contributed by atoms with van der Waals surface area (Å²) in [4.78, 5) is 17.8. The van der Waals surface area contributed by atoms with Crippen molar-refractivity contribution in [1.29, 1.82) is 0 Å². The van der Waals surface area contributed by atoms with Crippen LogP contribution in [0.5, 0.6) is 0 Å². The van der Waals surface area contributed by atoms with Crippen LogP contribution in [0.25, 0.3) is 0 Å². The molecule has 188 valence electrons. The van der Waals surface area contributed by atoms with Crippen molar-refractivity contribution in [3.63, 3.8) is 0 Å². The van der Waals surface area contributed by atoms with Gasteiger partial charge in [0.05, 0.1) is 12.1 Å². The number of urea groups is 1. The number of hydrogen-bond acceptors (Lipinski definition) is 2. The topological polar surface area (TPSA) is 35.6 Å². The minimum absolute atomic E-state index is 0.0428. The van der Waals surface area contributed by atoms with Crippen LogP contribution in [0.3, 0.4) is 0 Å². The second-order valence-electron chi connectivity index (χ2n) is 9.96. The van der Waals surface area contributed by atoms with Gasteiger partial charge in [-0.1, -0.05) is 121 Å². The van der Waals surface area contributed by atoms with Crippen molar-refractivity contribution in [3.05, 3.63) is 144 Å². The molecule has 1 saturated heterocycles. The Morgan fingerprint density at radius 2 is 1.19 bits per heavy atom. The summed E-state index contributed by atoms with van der Waals surface area (Å²) >= 11 is 0. The molecule has 0 saturated carbocycles. The van der Waals surface area contributed by atoms with Gasteiger partial charge in [-0.3, -0.25) is 4.90 Å².